The summed E-state index contributed by atoms with van der Waals surface area (Å²) in [6.45, 7) is 9.43. The van der Waals surface area contributed by atoms with E-state index in [1.54, 1.807) is 19.2 Å². The van der Waals surface area contributed by atoms with E-state index in [-0.39, 0.29) is 5.91 Å². The third kappa shape index (κ3) is 5.31. The van der Waals surface area contributed by atoms with Gasteiger partial charge in [-0.05, 0) is 29.8 Å². The van der Waals surface area contributed by atoms with Crippen LogP contribution in [-0.2, 0) is 13.1 Å². The molecule has 144 valence electrons. The molecule has 0 spiro atoms. The molecule has 3 rings (SSSR count). The minimum atomic E-state index is -0.120. The molecule has 1 saturated heterocycles. The van der Waals surface area contributed by atoms with Gasteiger partial charge in [0.25, 0.3) is 5.91 Å². The number of carbonyl (C=O) groups is 1. The van der Waals surface area contributed by atoms with Crippen LogP contribution < -0.4 is 10.1 Å². The monoisotopic (exact) mass is 367 g/mol. The maximum Gasteiger partial charge on any atom is 0.255 e. The van der Waals surface area contributed by atoms with Crippen molar-refractivity contribution in [2.45, 2.75) is 20.0 Å². The molecule has 0 saturated carbocycles. The zero-order valence-electron chi connectivity index (χ0n) is 16.3. The van der Waals surface area contributed by atoms with Crippen molar-refractivity contribution >= 4 is 5.91 Å². The van der Waals surface area contributed by atoms with Crippen molar-refractivity contribution in [2.75, 3.05) is 39.8 Å². The summed E-state index contributed by atoms with van der Waals surface area (Å²) in [5.41, 5.74) is 2.97. The lowest BCUT2D eigenvalue weighted by Gasteiger charge is -2.34. The zero-order valence-corrected chi connectivity index (χ0v) is 16.3. The normalized spacial score (nSPS) is 15.5. The van der Waals surface area contributed by atoms with E-state index in [2.05, 4.69) is 46.3 Å². The molecular formula is C22H29N3O2. The van der Waals surface area contributed by atoms with Crippen LogP contribution in [0.3, 0.4) is 0 Å². The van der Waals surface area contributed by atoms with Crippen LogP contribution in [0.4, 0.5) is 0 Å². The van der Waals surface area contributed by atoms with Gasteiger partial charge in [0.2, 0.25) is 0 Å². The molecule has 5 heteroatoms. The van der Waals surface area contributed by atoms with Gasteiger partial charge in [-0.15, -0.1) is 0 Å². The number of para-hydroxylation sites is 1. The first-order chi connectivity index (χ1) is 13.2. The number of piperazine rings is 1. The van der Waals surface area contributed by atoms with Gasteiger partial charge in [-0.2, -0.15) is 0 Å². The van der Waals surface area contributed by atoms with Gasteiger partial charge in [-0.25, -0.2) is 0 Å². The van der Waals surface area contributed by atoms with Crippen molar-refractivity contribution < 1.29 is 9.53 Å². The number of nitrogens with one attached hydrogen (secondary N) is 1. The molecule has 2 aromatic carbocycles. The molecule has 1 aliphatic heterocycles. The SMILES string of the molecule is CCN1CCN(Cc2ccc(CNC(=O)c3ccccc3OC)cc2)CC1. The molecule has 0 bridgehead atoms. The van der Waals surface area contributed by atoms with Crippen LogP contribution in [0.1, 0.15) is 28.4 Å². The summed E-state index contributed by atoms with van der Waals surface area (Å²) in [4.78, 5) is 17.4. The number of rotatable bonds is 7. The van der Waals surface area contributed by atoms with Gasteiger partial charge < -0.3 is 15.0 Å². The first-order valence-corrected chi connectivity index (χ1v) is 9.63. The number of hydrogen-bond donors (Lipinski definition) is 1. The molecule has 0 aromatic heterocycles. The van der Waals surface area contributed by atoms with Crippen molar-refractivity contribution in [2.24, 2.45) is 0 Å². The largest absolute Gasteiger partial charge is 0.496 e. The van der Waals surface area contributed by atoms with Crippen molar-refractivity contribution in [1.29, 1.82) is 0 Å². The Hall–Kier alpha value is -2.37. The molecule has 5 nitrogen and oxygen atoms in total. The molecule has 1 amide bonds. The van der Waals surface area contributed by atoms with E-state index in [0.29, 0.717) is 17.9 Å². The maximum absolute atomic E-state index is 12.4. The smallest absolute Gasteiger partial charge is 0.255 e. The van der Waals surface area contributed by atoms with Crippen LogP contribution >= 0.6 is 0 Å². The average molecular weight is 367 g/mol. The highest BCUT2D eigenvalue weighted by molar-refractivity contribution is 5.96. The Balaban J connectivity index is 1.50. The van der Waals surface area contributed by atoms with Gasteiger partial charge in [-0.1, -0.05) is 43.3 Å². The number of carbonyl (C=O) groups excluding carboxylic acids is 1. The molecule has 0 atom stereocenters. The number of likely N-dealkylation sites (N-methyl/N-ethyl adjacent to an activating group) is 1. The molecule has 1 heterocycles. The van der Waals surface area contributed by atoms with E-state index in [1.807, 2.05) is 12.1 Å². The predicted octanol–water partition coefficient (Wildman–Crippen LogP) is 2.76. The second kappa shape index (κ2) is 9.53. The van der Waals surface area contributed by atoms with Crippen molar-refractivity contribution in [3.05, 3.63) is 65.2 Å². The van der Waals surface area contributed by atoms with Crippen molar-refractivity contribution in [3.63, 3.8) is 0 Å². The van der Waals surface area contributed by atoms with Crippen LogP contribution in [0.2, 0.25) is 0 Å². The summed E-state index contributed by atoms with van der Waals surface area (Å²) >= 11 is 0. The summed E-state index contributed by atoms with van der Waals surface area (Å²) < 4.78 is 5.25. The zero-order chi connectivity index (χ0) is 19.1. The minimum absolute atomic E-state index is 0.120. The Bertz CT molecular complexity index is 737. The lowest BCUT2D eigenvalue weighted by atomic mass is 10.1. The van der Waals surface area contributed by atoms with E-state index < -0.39 is 0 Å². The number of amides is 1. The van der Waals surface area contributed by atoms with Crippen LogP contribution in [0, 0.1) is 0 Å². The van der Waals surface area contributed by atoms with Gasteiger partial charge in [0.05, 0.1) is 12.7 Å². The minimum Gasteiger partial charge on any atom is -0.496 e. The molecule has 0 unspecified atom stereocenters. The maximum atomic E-state index is 12.4. The molecule has 0 aliphatic carbocycles. The number of methoxy groups -OCH3 is 1. The molecular weight excluding hydrogens is 338 g/mol. The fraction of sp³-hybridized carbons (Fsp3) is 0.409. The third-order valence-electron chi connectivity index (χ3n) is 5.15. The summed E-state index contributed by atoms with van der Waals surface area (Å²) in [7, 11) is 1.58. The third-order valence-corrected chi connectivity index (χ3v) is 5.15. The van der Waals surface area contributed by atoms with Crippen LogP contribution in [0.25, 0.3) is 0 Å². The fourth-order valence-corrected chi connectivity index (χ4v) is 3.39. The van der Waals surface area contributed by atoms with Gasteiger partial charge in [0.15, 0.2) is 0 Å². The molecule has 1 fully saturated rings. The second-order valence-corrected chi connectivity index (χ2v) is 6.91. The van der Waals surface area contributed by atoms with E-state index in [9.17, 15) is 4.79 Å². The molecule has 2 aromatic rings. The first-order valence-electron chi connectivity index (χ1n) is 9.63. The lowest BCUT2D eigenvalue weighted by Crippen LogP contribution is -2.45. The van der Waals surface area contributed by atoms with Crippen LogP contribution in [0.5, 0.6) is 5.75 Å². The summed E-state index contributed by atoms with van der Waals surface area (Å²) in [5, 5.41) is 2.97. The standard InChI is InChI=1S/C22H29N3O2/c1-3-24-12-14-25(15-13-24)17-19-10-8-18(9-11-19)16-23-22(26)20-6-4-5-7-21(20)27-2/h4-11H,3,12-17H2,1-2H3,(H,23,26). The van der Waals surface area contributed by atoms with Gasteiger partial charge in [0, 0.05) is 39.3 Å². The Morgan fingerprint density at radius 1 is 0.963 bits per heavy atom. The van der Waals surface area contributed by atoms with Crippen molar-refractivity contribution in [3.8, 4) is 5.75 Å². The summed E-state index contributed by atoms with van der Waals surface area (Å²) in [6, 6.07) is 15.8. The van der Waals surface area contributed by atoms with E-state index in [4.69, 9.17) is 4.74 Å². The molecule has 1 aliphatic rings. The highest BCUT2D eigenvalue weighted by atomic mass is 16.5. The number of benzene rings is 2. The number of ether oxygens (including phenoxy) is 1. The molecule has 0 radical (unpaired) electrons. The highest BCUT2D eigenvalue weighted by Gasteiger charge is 2.15. The van der Waals surface area contributed by atoms with Gasteiger partial charge in [0.1, 0.15) is 5.75 Å². The quantitative estimate of drug-likeness (QED) is 0.817. The van der Waals surface area contributed by atoms with Crippen LogP contribution in [0.15, 0.2) is 48.5 Å². The first kappa shape index (κ1) is 19.4. The Morgan fingerprint density at radius 3 is 2.26 bits per heavy atom. The Labute approximate surface area is 161 Å². The molecule has 1 N–H and O–H groups in total. The Kier molecular flexibility index (Phi) is 6.85. The van der Waals surface area contributed by atoms with Gasteiger partial charge >= 0.3 is 0 Å². The highest BCUT2D eigenvalue weighted by Crippen LogP contribution is 2.17. The van der Waals surface area contributed by atoms with Gasteiger partial charge in [-0.3, -0.25) is 9.69 Å². The number of hydrogen-bond acceptors (Lipinski definition) is 4. The average Bonchev–Trinajstić information content (AvgIpc) is 2.73. The number of nitrogens with zero attached hydrogens (tertiary/aromatic N) is 2. The van der Waals surface area contributed by atoms with E-state index in [1.165, 1.54) is 5.56 Å². The van der Waals surface area contributed by atoms with E-state index >= 15 is 0 Å². The van der Waals surface area contributed by atoms with Crippen LogP contribution in [-0.4, -0.2) is 55.5 Å². The summed E-state index contributed by atoms with van der Waals surface area (Å²) in [6.07, 6.45) is 0. The second-order valence-electron chi connectivity index (χ2n) is 6.91. The lowest BCUT2D eigenvalue weighted by molar-refractivity contribution is 0.0948. The topological polar surface area (TPSA) is 44.8 Å². The molecule has 27 heavy (non-hydrogen) atoms. The Morgan fingerprint density at radius 2 is 1.59 bits per heavy atom. The van der Waals surface area contributed by atoms with E-state index in [0.717, 1.165) is 44.8 Å². The van der Waals surface area contributed by atoms with Crippen molar-refractivity contribution in [1.82, 2.24) is 15.1 Å². The predicted molar refractivity (Wildman–Crippen MR) is 108 cm³/mol. The summed E-state index contributed by atoms with van der Waals surface area (Å²) in [5.74, 6) is 0.471. The fourth-order valence-electron chi connectivity index (χ4n) is 3.39.